The molecule has 7 nitrogen and oxygen atoms in total. The molecule has 208 valence electrons. The Bertz CT molecular complexity index is 1560. The largest absolute Gasteiger partial charge is 0.418 e. The third-order valence-electron chi connectivity index (χ3n) is 9.27. The molecular weight excluding hydrogens is 517 g/mol. The Balaban J connectivity index is 1.28. The Kier molecular flexibility index (Phi) is 6.03. The zero-order valence-corrected chi connectivity index (χ0v) is 22.4. The van der Waals surface area contributed by atoms with E-state index in [9.17, 15) is 18.0 Å². The Morgan fingerprint density at radius 1 is 1.20 bits per heavy atom. The van der Waals surface area contributed by atoms with Gasteiger partial charge in [-0.15, -0.1) is 0 Å². The van der Waals surface area contributed by atoms with Gasteiger partial charge in [0.05, 0.1) is 34.9 Å². The lowest BCUT2D eigenvalue weighted by Gasteiger charge is -2.34. The van der Waals surface area contributed by atoms with Gasteiger partial charge in [0.1, 0.15) is 0 Å². The van der Waals surface area contributed by atoms with Gasteiger partial charge in [0.25, 0.3) is 0 Å². The SMILES string of the molecule is C[N+]1=CN=N[C]1[C@H](C1=C[CH]C=CC(n2cc3c(C(F)(F)F)cc(CN4CCC5(CC5)C4)cn3c2=O)=C1)C1CCC1. The summed E-state index contributed by atoms with van der Waals surface area (Å²) >= 11 is 0. The van der Waals surface area contributed by atoms with Crippen molar-refractivity contribution < 1.29 is 17.7 Å². The van der Waals surface area contributed by atoms with Crippen LogP contribution in [0.4, 0.5) is 13.2 Å². The summed E-state index contributed by atoms with van der Waals surface area (Å²) < 4.78 is 47.3. The van der Waals surface area contributed by atoms with Crippen LogP contribution in [0.5, 0.6) is 0 Å². The summed E-state index contributed by atoms with van der Waals surface area (Å²) in [6.07, 6.45) is 17.0. The summed E-state index contributed by atoms with van der Waals surface area (Å²) in [5.41, 5.74) is 0.918. The average molecular weight is 550 g/mol. The normalized spacial score (nSPS) is 23.9. The number of likely N-dealkylation sites (tertiary alicyclic amines) is 1. The van der Waals surface area contributed by atoms with E-state index in [0.717, 1.165) is 50.5 Å². The molecule has 3 aliphatic carbocycles. The molecule has 40 heavy (non-hydrogen) atoms. The molecular formula is C30H32F3N6O+. The van der Waals surface area contributed by atoms with Crippen molar-refractivity contribution in [3.05, 3.63) is 82.5 Å². The van der Waals surface area contributed by atoms with Crippen molar-refractivity contribution in [3.63, 3.8) is 0 Å². The summed E-state index contributed by atoms with van der Waals surface area (Å²) in [7, 11) is 1.92. The molecule has 3 fully saturated rings. The summed E-state index contributed by atoms with van der Waals surface area (Å²) in [5.74, 6) is 0.371. The number of fused-ring (bicyclic) bond motifs is 1. The number of allylic oxidation sites excluding steroid dienone is 5. The van der Waals surface area contributed by atoms with Crippen LogP contribution in [-0.2, 0) is 12.7 Å². The molecule has 2 aliphatic heterocycles. The van der Waals surface area contributed by atoms with Crippen LogP contribution in [-0.4, -0.2) is 44.9 Å². The third kappa shape index (κ3) is 4.50. The number of azo groups is 1. The lowest BCUT2D eigenvalue weighted by atomic mass is 9.71. The van der Waals surface area contributed by atoms with E-state index in [1.54, 1.807) is 18.6 Å². The minimum Gasteiger partial charge on any atom is -0.298 e. The molecule has 1 atom stereocenters. The van der Waals surface area contributed by atoms with Crippen LogP contribution in [0.15, 0.2) is 63.4 Å². The fraction of sp³-hybridized carbons (Fsp3) is 0.467. The van der Waals surface area contributed by atoms with Gasteiger partial charge in [-0.3, -0.25) is 13.9 Å². The first-order valence-corrected chi connectivity index (χ1v) is 14.0. The fourth-order valence-electron chi connectivity index (χ4n) is 6.66. The van der Waals surface area contributed by atoms with Crippen LogP contribution in [0.25, 0.3) is 11.2 Å². The van der Waals surface area contributed by atoms with E-state index in [2.05, 4.69) is 15.1 Å². The molecule has 2 radical (unpaired) electrons. The summed E-state index contributed by atoms with van der Waals surface area (Å²) in [6, 6.07) is 1.22. The van der Waals surface area contributed by atoms with Crippen LogP contribution in [0.2, 0.25) is 0 Å². The van der Waals surface area contributed by atoms with E-state index in [1.807, 2.05) is 36.3 Å². The van der Waals surface area contributed by atoms with E-state index in [1.165, 1.54) is 34.1 Å². The quantitative estimate of drug-likeness (QED) is 0.435. The number of alkyl halides is 3. The van der Waals surface area contributed by atoms with Gasteiger partial charge >= 0.3 is 24.4 Å². The molecule has 10 heteroatoms. The molecule has 0 unspecified atom stereocenters. The Hall–Kier alpha value is -3.27. The average Bonchev–Trinajstić information content (AvgIpc) is 3.27. The fourth-order valence-corrected chi connectivity index (χ4v) is 6.66. The zero-order valence-electron chi connectivity index (χ0n) is 22.4. The van der Waals surface area contributed by atoms with Crippen LogP contribution in [0, 0.1) is 29.8 Å². The Labute approximate surface area is 230 Å². The van der Waals surface area contributed by atoms with Gasteiger partial charge in [0, 0.05) is 31.9 Å². The number of nitrogens with zero attached hydrogens (tertiary/aromatic N) is 6. The number of aromatic nitrogens is 2. The number of rotatable bonds is 6. The van der Waals surface area contributed by atoms with Gasteiger partial charge in [0.2, 0.25) is 0 Å². The smallest absolute Gasteiger partial charge is 0.298 e. The first kappa shape index (κ1) is 25.7. The first-order chi connectivity index (χ1) is 19.2. The highest BCUT2D eigenvalue weighted by Crippen LogP contribution is 2.53. The van der Waals surface area contributed by atoms with Crippen LogP contribution in [0.1, 0.15) is 49.7 Å². The number of halogens is 3. The molecule has 0 amide bonds. The van der Waals surface area contributed by atoms with Crippen LogP contribution in [0.3, 0.4) is 0 Å². The molecule has 5 aliphatic rings. The molecule has 1 saturated heterocycles. The lowest BCUT2D eigenvalue weighted by Crippen LogP contribution is -2.31. The van der Waals surface area contributed by atoms with E-state index < -0.39 is 17.4 Å². The van der Waals surface area contributed by atoms with Gasteiger partial charge in [-0.1, -0.05) is 18.6 Å². The molecule has 2 aromatic heterocycles. The molecule has 0 bridgehead atoms. The second-order valence-electron chi connectivity index (χ2n) is 12.0. The van der Waals surface area contributed by atoms with E-state index in [-0.39, 0.29) is 11.4 Å². The number of hydrogen-bond acceptors (Lipinski definition) is 4. The van der Waals surface area contributed by atoms with Crippen molar-refractivity contribution in [1.82, 2.24) is 13.9 Å². The van der Waals surface area contributed by atoms with E-state index in [0.29, 0.717) is 29.1 Å². The maximum absolute atomic E-state index is 14.3. The molecule has 0 aromatic carbocycles. The monoisotopic (exact) mass is 549 g/mol. The molecule has 2 saturated carbocycles. The van der Waals surface area contributed by atoms with Crippen molar-refractivity contribution in [1.29, 1.82) is 0 Å². The Morgan fingerprint density at radius 2 is 2.02 bits per heavy atom. The van der Waals surface area contributed by atoms with Gasteiger partial charge < -0.3 is 0 Å². The predicted octanol–water partition coefficient (Wildman–Crippen LogP) is 5.69. The second kappa shape index (κ2) is 9.39. The van der Waals surface area contributed by atoms with Crippen LogP contribution >= 0.6 is 0 Å². The molecule has 0 N–H and O–H groups in total. The molecule has 2 aromatic rings. The molecule has 7 rings (SSSR count). The molecule has 4 heterocycles. The highest BCUT2D eigenvalue weighted by atomic mass is 19.4. The van der Waals surface area contributed by atoms with Crippen molar-refractivity contribution in [2.75, 3.05) is 20.1 Å². The van der Waals surface area contributed by atoms with Crippen molar-refractivity contribution >= 4 is 17.6 Å². The maximum atomic E-state index is 14.3. The van der Waals surface area contributed by atoms with Gasteiger partial charge in [-0.2, -0.15) is 13.2 Å². The van der Waals surface area contributed by atoms with E-state index >= 15 is 0 Å². The van der Waals surface area contributed by atoms with Crippen molar-refractivity contribution in [3.8, 4) is 0 Å². The second-order valence-corrected chi connectivity index (χ2v) is 12.0. The van der Waals surface area contributed by atoms with Gasteiger partial charge in [0.15, 0.2) is 0 Å². The van der Waals surface area contributed by atoms with Crippen molar-refractivity contribution in [2.24, 2.45) is 27.5 Å². The predicted molar refractivity (Wildman–Crippen MR) is 145 cm³/mol. The first-order valence-electron chi connectivity index (χ1n) is 14.0. The van der Waals surface area contributed by atoms with Crippen molar-refractivity contribution in [2.45, 2.75) is 51.2 Å². The maximum Gasteiger partial charge on any atom is 0.418 e. The Morgan fingerprint density at radius 3 is 2.67 bits per heavy atom. The third-order valence-corrected chi connectivity index (χ3v) is 9.27. The van der Waals surface area contributed by atoms with Gasteiger partial charge in [-0.05, 0) is 84.5 Å². The highest BCUT2D eigenvalue weighted by Gasteiger charge is 2.47. The van der Waals surface area contributed by atoms with Gasteiger partial charge in [-0.25, -0.2) is 9.37 Å². The lowest BCUT2D eigenvalue weighted by molar-refractivity contribution is -0.483. The number of hydrogen-bond donors (Lipinski definition) is 0. The zero-order chi connectivity index (χ0) is 27.6. The summed E-state index contributed by atoms with van der Waals surface area (Å²) in [5, 5.41) is 8.47. The summed E-state index contributed by atoms with van der Waals surface area (Å²) in [6.45, 7) is 2.20. The number of imidazole rings is 1. The topological polar surface area (TPSA) is 57.4 Å². The highest BCUT2D eigenvalue weighted by molar-refractivity contribution is 5.67. The van der Waals surface area contributed by atoms with Crippen LogP contribution < -0.4 is 5.69 Å². The standard InChI is InChI=1S/C30H32F3N6O/c1-36-19-34-35-27(36)26(21-6-4-7-21)22-5-2-3-8-23(14-22)38-17-25-24(30(31,32)33)13-20(16-39(25)28(38)40)15-37-12-11-29(18-37)9-10-29/h2-3,5,8,13-14,16-17,19,21,26H,4,6-7,9-12,15,18H2,1H3/q+1/t26-/m0/s1. The summed E-state index contributed by atoms with van der Waals surface area (Å²) in [4.78, 5) is 15.9. The minimum absolute atomic E-state index is 0.0207. The van der Waals surface area contributed by atoms with E-state index in [4.69, 9.17) is 0 Å². The minimum atomic E-state index is -4.59. The number of pyridine rings is 1. The molecule has 1 spiro atoms.